The first kappa shape index (κ1) is 25.5. The molecule has 0 radical (unpaired) electrons. The molecule has 0 heterocycles. The van der Waals surface area contributed by atoms with Crippen molar-refractivity contribution in [2.24, 2.45) is 4.99 Å². The molecule has 8 heteroatoms. The Morgan fingerprint density at radius 3 is 2.53 bits per heavy atom. The number of carbonyl (C=O) groups is 1. The fourth-order valence-corrected chi connectivity index (χ4v) is 2.69. The number of ether oxygens (including phenoxy) is 2. The molecule has 30 heavy (non-hydrogen) atoms. The molecular formula is C22H31IN4O3. The highest BCUT2D eigenvalue weighted by Gasteiger charge is 2.07. The van der Waals surface area contributed by atoms with Gasteiger partial charge in [0, 0.05) is 30.4 Å². The molecule has 2 rings (SSSR count). The van der Waals surface area contributed by atoms with Crippen molar-refractivity contribution in [1.82, 2.24) is 10.6 Å². The number of rotatable bonds is 9. The van der Waals surface area contributed by atoms with Gasteiger partial charge in [0.2, 0.25) is 0 Å². The normalized spacial score (nSPS) is 10.6. The molecule has 0 aliphatic heterocycles. The van der Waals surface area contributed by atoms with Gasteiger partial charge >= 0.3 is 0 Å². The first-order valence-electron chi connectivity index (χ1n) is 9.78. The predicted octanol–water partition coefficient (Wildman–Crippen LogP) is 3.83. The van der Waals surface area contributed by atoms with Crippen LogP contribution >= 0.6 is 24.0 Å². The molecule has 0 bridgehead atoms. The average Bonchev–Trinajstić information content (AvgIpc) is 2.72. The van der Waals surface area contributed by atoms with E-state index in [1.54, 1.807) is 13.2 Å². The summed E-state index contributed by atoms with van der Waals surface area (Å²) in [5, 5.41) is 9.32. The minimum absolute atomic E-state index is 0. The Balaban J connectivity index is 0.00000450. The van der Waals surface area contributed by atoms with Gasteiger partial charge in [-0.3, -0.25) is 9.79 Å². The van der Waals surface area contributed by atoms with Crippen molar-refractivity contribution in [3.63, 3.8) is 0 Å². The molecule has 0 aliphatic rings. The van der Waals surface area contributed by atoms with Gasteiger partial charge in [0.05, 0.1) is 20.3 Å². The predicted molar refractivity (Wildman–Crippen MR) is 133 cm³/mol. The average molecular weight is 526 g/mol. The molecule has 1 amide bonds. The van der Waals surface area contributed by atoms with Crippen molar-refractivity contribution in [2.75, 3.05) is 38.7 Å². The van der Waals surface area contributed by atoms with Crippen LogP contribution < -0.4 is 25.4 Å². The summed E-state index contributed by atoms with van der Waals surface area (Å²) >= 11 is 0. The number of guanidine groups is 1. The van der Waals surface area contributed by atoms with Gasteiger partial charge in [0.15, 0.2) is 17.5 Å². The molecule has 0 fully saturated rings. The van der Waals surface area contributed by atoms with Gasteiger partial charge in [-0.15, -0.1) is 24.0 Å². The molecule has 2 aromatic rings. The van der Waals surface area contributed by atoms with Gasteiger partial charge < -0.3 is 25.4 Å². The molecule has 164 valence electrons. The topological polar surface area (TPSA) is 84.0 Å². The van der Waals surface area contributed by atoms with Gasteiger partial charge in [0.25, 0.3) is 5.91 Å². The lowest BCUT2D eigenvalue weighted by atomic mass is 10.1. The van der Waals surface area contributed by atoms with Crippen LogP contribution in [0.3, 0.4) is 0 Å². The quantitative estimate of drug-likeness (QED) is 0.200. The number of amides is 1. The van der Waals surface area contributed by atoms with Crippen LogP contribution in [-0.4, -0.2) is 45.2 Å². The van der Waals surface area contributed by atoms with E-state index in [4.69, 9.17) is 9.47 Å². The van der Waals surface area contributed by atoms with Crippen LogP contribution in [0.2, 0.25) is 0 Å². The Hall–Kier alpha value is -2.49. The Morgan fingerprint density at radius 1 is 1.07 bits per heavy atom. The number of nitrogens with zero attached hydrogens (tertiary/aromatic N) is 1. The smallest absolute Gasteiger partial charge is 0.251 e. The maximum Gasteiger partial charge on any atom is 0.251 e. The zero-order valence-electron chi connectivity index (χ0n) is 18.0. The number of methoxy groups -OCH3 is 1. The summed E-state index contributed by atoms with van der Waals surface area (Å²) in [4.78, 5) is 16.7. The summed E-state index contributed by atoms with van der Waals surface area (Å²) in [6.07, 6.45) is 0. The second-order valence-corrected chi connectivity index (χ2v) is 6.31. The molecule has 0 saturated carbocycles. The molecule has 0 spiro atoms. The fourth-order valence-electron chi connectivity index (χ4n) is 2.69. The minimum atomic E-state index is -0.0990. The lowest BCUT2D eigenvalue weighted by molar-refractivity contribution is 0.0954. The molecule has 7 nitrogen and oxygen atoms in total. The van der Waals surface area contributed by atoms with E-state index in [1.165, 1.54) is 0 Å². The standard InChI is InChI=1S/C22H30N4O3.HI/c1-5-23-22(26-18-10-11-19(29-6-2)20(15-18)28-4)25-13-12-24-21(27)17-9-7-8-16(3)14-17;/h7-11,14-15H,5-6,12-13H2,1-4H3,(H,24,27)(H2,23,25,26);1H. The zero-order valence-corrected chi connectivity index (χ0v) is 20.3. The van der Waals surface area contributed by atoms with E-state index < -0.39 is 0 Å². The number of anilines is 1. The van der Waals surface area contributed by atoms with Crippen molar-refractivity contribution in [1.29, 1.82) is 0 Å². The van der Waals surface area contributed by atoms with Crippen molar-refractivity contribution in [2.45, 2.75) is 20.8 Å². The van der Waals surface area contributed by atoms with Crippen molar-refractivity contribution in [3.05, 3.63) is 53.6 Å². The van der Waals surface area contributed by atoms with Gasteiger partial charge in [-0.1, -0.05) is 17.7 Å². The van der Waals surface area contributed by atoms with Gasteiger partial charge in [-0.05, 0) is 45.0 Å². The molecular weight excluding hydrogens is 495 g/mol. The SMILES string of the molecule is CCNC(=NCCNC(=O)c1cccc(C)c1)Nc1ccc(OCC)c(OC)c1.I. The maximum atomic E-state index is 12.2. The van der Waals surface area contributed by atoms with Crippen LogP contribution in [0.15, 0.2) is 47.5 Å². The molecule has 2 aromatic carbocycles. The highest BCUT2D eigenvalue weighted by molar-refractivity contribution is 14.0. The summed E-state index contributed by atoms with van der Waals surface area (Å²) in [5.74, 6) is 1.88. The third-order valence-corrected chi connectivity index (χ3v) is 4.02. The minimum Gasteiger partial charge on any atom is -0.493 e. The van der Waals surface area contributed by atoms with Crippen LogP contribution in [0, 0.1) is 6.92 Å². The molecule has 0 saturated heterocycles. The number of nitrogens with one attached hydrogen (secondary N) is 3. The van der Waals surface area contributed by atoms with Crippen LogP contribution in [0.1, 0.15) is 29.8 Å². The lowest BCUT2D eigenvalue weighted by Gasteiger charge is -2.14. The number of carbonyl (C=O) groups excluding carboxylic acids is 1. The third-order valence-electron chi connectivity index (χ3n) is 4.02. The summed E-state index contributed by atoms with van der Waals surface area (Å²) in [7, 11) is 1.61. The molecule has 0 unspecified atom stereocenters. The van der Waals surface area contributed by atoms with E-state index in [9.17, 15) is 4.79 Å². The van der Waals surface area contributed by atoms with E-state index in [1.807, 2.05) is 57.2 Å². The van der Waals surface area contributed by atoms with Crippen LogP contribution in [-0.2, 0) is 0 Å². The van der Waals surface area contributed by atoms with Crippen molar-refractivity contribution < 1.29 is 14.3 Å². The Bertz CT molecular complexity index is 843. The second-order valence-electron chi connectivity index (χ2n) is 6.31. The second kappa shape index (κ2) is 13.7. The molecule has 0 aliphatic carbocycles. The Morgan fingerprint density at radius 2 is 1.87 bits per heavy atom. The number of halogens is 1. The molecule has 0 atom stereocenters. The summed E-state index contributed by atoms with van der Waals surface area (Å²) in [6.45, 7) is 8.06. The van der Waals surface area contributed by atoms with Crippen LogP contribution in [0.5, 0.6) is 11.5 Å². The van der Waals surface area contributed by atoms with Gasteiger partial charge in [-0.2, -0.15) is 0 Å². The Labute approximate surface area is 195 Å². The Kier molecular flexibility index (Phi) is 11.7. The van der Waals surface area contributed by atoms with Crippen molar-refractivity contribution >= 4 is 41.5 Å². The van der Waals surface area contributed by atoms with Crippen LogP contribution in [0.25, 0.3) is 0 Å². The van der Waals surface area contributed by atoms with Gasteiger partial charge in [0.1, 0.15) is 0 Å². The van der Waals surface area contributed by atoms with Crippen LogP contribution in [0.4, 0.5) is 5.69 Å². The summed E-state index contributed by atoms with van der Waals surface area (Å²) in [6, 6.07) is 13.1. The van der Waals surface area contributed by atoms with E-state index in [0.717, 1.165) is 17.8 Å². The number of benzene rings is 2. The zero-order chi connectivity index (χ0) is 21.1. The number of aryl methyl sites for hydroxylation is 1. The monoisotopic (exact) mass is 526 g/mol. The van der Waals surface area contributed by atoms with Crippen molar-refractivity contribution in [3.8, 4) is 11.5 Å². The lowest BCUT2D eigenvalue weighted by Crippen LogP contribution is -2.32. The number of hydrogen-bond acceptors (Lipinski definition) is 4. The molecule has 3 N–H and O–H groups in total. The largest absolute Gasteiger partial charge is 0.493 e. The van der Waals surface area contributed by atoms with E-state index in [2.05, 4.69) is 20.9 Å². The van der Waals surface area contributed by atoms with Gasteiger partial charge in [-0.25, -0.2) is 0 Å². The summed E-state index contributed by atoms with van der Waals surface area (Å²) in [5.41, 5.74) is 2.54. The fraction of sp³-hybridized carbons (Fsp3) is 0.364. The van der Waals surface area contributed by atoms with E-state index >= 15 is 0 Å². The molecule has 0 aromatic heterocycles. The van der Waals surface area contributed by atoms with E-state index in [-0.39, 0.29) is 29.9 Å². The van der Waals surface area contributed by atoms with E-state index in [0.29, 0.717) is 42.7 Å². The maximum absolute atomic E-state index is 12.2. The highest BCUT2D eigenvalue weighted by atomic mass is 127. The first-order valence-corrected chi connectivity index (χ1v) is 9.78. The highest BCUT2D eigenvalue weighted by Crippen LogP contribution is 2.30. The first-order chi connectivity index (χ1) is 14.1. The summed E-state index contributed by atoms with van der Waals surface area (Å²) < 4.78 is 10.9. The number of hydrogen-bond donors (Lipinski definition) is 3. The third kappa shape index (κ3) is 8.10. The number of aliphatic imine (C=N–C) groups is 1.